The molecule has 0 radical (unpaired) electrons. The van der Waals surface area contributed by atoms with Crippen molar-refractivity contribution >= 4 is 23.4 Å². The zero-order chi connectivity index (χ0) is 29.1. The van der Waals surface area contributed by atoms with Gasteiger partial charge in [-0.2, -0.15) is 0 Å². The second-order valence-corrected chi connectivity index (χ2v) is 9.80. The van der Waals surface area contributed by atoms with Crippen LogP contribution in [-0.2, 0) is 23.9 Å². The lowest BCUT2D eigenvalue weighted by Crippen LogP contribution is -2.42. The van der Waals surface area contributed by atoms with Gasteiger partial charge in [-0.15, -0.1) is 0 Å². The van der Waals surface area contributed by atoms with Crippen molar-refractivity contribution in [2.24, 2.45) is 5.92 Å². The van der Waals surface area contributed by atoms with E-state index in [4.69, 9.17) is 4.74 Å². The van der Waals surface area contributed by atoms with E-state index in [1.807, 2.05) is 18.2 Å². The third-order valence-electron chi connectivity index (χ3n) is 6.00. The first-order valence-corrected chi connectivity index (χ1v) is 13.0. The monoisotopic (exact) mass is 546 g/mol. The number of rotatable bonds is 12. The molecule has 210 valence electrons. The van der Waals surface area contributed by atoms with Crippen molar-refractivity contribution in [3.05, 3.63) is 108 Å². The van der Waals surface area contributed by atoms with Crippen LogP contribution in [-0.4, -0.2) is 51.4 Å². The van der Waals surface area contributed by atoms with Crippen LogP contribution in [0.5, 0.6) is 0 Å². The van der Waals surface area contributed by atoms with Crippen molar-refractivity contribution in [3.8, 4) is 0 Å². The average Bonchev–Trinajstić information content (AvgIpc) is 3.66. The lowest BCUT2D eigenvalue weighted by atomic mass is 9.88. The van der Waals surface area contributed by atoms with E-state index in [1.54, 1.807) is 42.5 Å². The number of aliphatic hydroxyl groups is 2. The normalized spacial score (nSPS) is 25.2. The summed E-state index contributed by atoms with van der Waals surface area (Å²) in [6.07, 6.45) is 23.7. The highest BCUT2D eigenvalue weighted by atomic mass is 16.6. The summed E-state index contributed by atoms with van der Waals surface area (Å²) in [7, 11) is 0. The van der Waals surface area contributed by atoms with E-state index in [9.17, 15) is 29.4 Å². The Balaban J connectivity index is 1.50. The maximum Gasteiger partial charge on any atom is 0.248 e. The molecule has 4 N–H and O–H groups in total. The first-order valence-electron chi connectivity index (χ1n) is 13.0. The minimum Gasteiger partial charge on any atom is -0.510 e. The van der Waals surface area contributed by atoms with Crippen LogP contribution >= 0.6 is 0 Å². The molecule has 1 heterocycles. The van der Waals surface area contributed by atoms with E-state index in [2.05, 4.69) is 24.5 Å². The molecule has 40 heavy (non-hydrogen) atoms. The van der Waals surface area contributed by atoms with Crippen LogP contribution in [0.25, 0.3) is 0 Å². The number of hydrogen-bond donors (Lipinski definition) is 4. The highest BCUT2D eigenvalue weighted by Crippen LogP contribution is 2.40. The van der Waals surface area contributed by atoms with Gasteiger partial charge < -0.3 is 25.6 Å². The predicted molar refractivity (Wildman–Crippen MR) is 150 cm³/mol. The van der Waals surface area contributed by atoms with Crippen LogP contribution in [0, 0.1) is 5.92 Å². The Morgan fingerprint density at radius 3 is 2.17 bits per heavy atom. The van der Waals surface area contributed by atoms with E-state index in [0.717, 1.165) is 6.42 Å². The van der Waals surface area contributed by atoms with Crippen molar-refractivity contribution in [2.45, 2.75) is 50.9 Å². The van der Waals surface area contributed by atoms with Gasteiger partial charge in [-0.3, -0.25) is 19.2 Å². The Kier molecular flexibility index (Phi) is 10.7. The lowest BCUT2D eigenvalue weighted by Gasteiger charge is -2.23. The zero-order valence-corrected chi connectivity index (χ0v) is 22.4. The maximum absolute atomic E-state index is 12.5. The fourth-order valence-electron chi connectivity index (χ4n) is 3.88. The highest BCUT2D eigenvalue weighted by molar-refractivity contribution is 6.06. The first-order chi connectivity index (χ1) is 19.1. The van der Waals surface area contributed by atoms with Crippen molar-refractivity contribution in [2.75, 3.05) is 0 Å². The quantitative estimate of drug-likeness (QED) is 0.167. The van der Waals surface area contributed by atoms with Gasteiger partial charge in [0.05, 0.1) is 5.70 Å². The number of ether oxygens (including phenoxy) is 1. The molecule has 0 saturated carbocycles. The number of nitrogens with one attached hydrogen (secondary N) is 2. The summed E-state index contributed by atoms with van der Waals surface area (Å²) in [5.74, 6) is -1.27. The van der Waals surface area contributed by atoms with Crippen LogP contribution in [0.4, 0.5) is 0 Å². The van der Waals surface area contributed by atoms with E-state index in [-0.39, 0.29) is 35.8 Å². The Morgan fingerprint density at radius 1 is 0.950 bits per heavy atom. The van der Waals surface area contributed by atoms with Gasteiger partial charge in [-0.05, 0) is 24.5 Å². The van der Waals surface area contributed by atoms with Gasteiger partial charge >= 0.3 is 0 Å². The van der Waals surface area contributed by atoms with Gasteiger partial charge in [0.25, 0.3) is 0 Å². The molecule has 3 rings (SSSR count). The summed E-state index contributed by atoms with van der Waals surface area (Å²) in [4.78, 5) is 48.1. The van der Waals surface area contributed by atoms with Crippen molar-refractivity contribution in [1.82, 2.24) is 10.6 Å². The largest absolute Gasteiger partial charge is 0.510 e. The molecule has 9 heteroatoms. The molecular weight excluding hydrogens is 512 g/mol. The van der Waals surface area contributed by atoms with Crippen LogP contribution in [0.1, 0.15) is 33.1 Å². The molecule has 3 unspecified atom stereocenters. The third-order valence-corrected chi connectivity index (χ3v) is 6.00. The first kappa shape index (κ1) is 30.2. The Morgan fingerprint density at radius 2 is 1.55 bits per heavy atom. The molecule has 1 aliphatic heterocycles. The summed E-state index contributed by atoms with van der Waals surface area (Å²) in [6, 6.07) is 0. The number of hydrogen-bond acceptors (Lipinski definition) is 7. The van der Waals surface area contributed by atoms with Gasteiger partial charge in [0, 0.05) is 25.0 Å². The number of carbonyl (C=O) groups excluding carboxylic acids is 4. The number of amides is 2. The molecule has 0 aromatic heterocycles. The molecule has 1 fully saturated rings. The third kappa shape index (κ3) is 8.86. The maximum atomic E-state index is 12.5. The summed E-state index contributed by atoms with van der Waals surface area (Å²) >= 11 is 0. The second kappa shape index (κ2) is 14.2. The zero-order valence-electron chi connectivity index (χ0n) is 22.4. The molecule has 2 amide bonds. The molecule has 3 atom stereocenters. The minimum atomic E-state index is -1.57. The molecule has 0 spiro atoms. The van der Waals surface area contributed by atoms with Gasteiger partial charge in [0.2, 0.25) is 17.6 Å². The van der Waals surface area contributed by atoms with Crippen molar-refractivity contribution in [1.29, 1.82) is 0 Å². The van der Waals surface area contributed by atoms with Gasteiger partial charge in [0.15, 0.2) is 11.9 Å². The smallest absolute Gasteiger partial charge is 0.248 e. The lowest BCUT2D eigenvalue weighted by molar-refractivity contribution is -0.121. The van der Waals surface area contributed by atoms with Crippen LogP contribution in [0.15, 0.2) is 108 Å². The van der Waals surface area contributed by atoms with Gasteiger partial charge in [0.1, 0.15) is 23.2 Å². The fourth-order valence-corrected chi connectivity index (χ4v) is 3.88. The number of epoxide rings is 1. The molecule has 1 saturated heterocycles. The number of fused-ring (bicyclic) bond motifs is 1. The Bertz CT molecular complexity index is 1290. The number of aliphatic hydroxyl groups excluding tert-OH is 1. The molecule has 0 aromatic carbocycles. The van der Waals surface area contributed by atoms with Crippen LogP contribution in [0.2, 0.25) is 0 Å². The summed E-state index contributed by atoms with van der Waals surface area (Å²) in [6.45, 7) is 4.25. The van der Waals surface area contributed by atoms with Crippen LogP contribution in [0.3, 0.4) is 0 Å². The number of carbonyl (C=O) groups is 4. The molecule has 3 aliphatic rings. The fraction of sp³-hybridized carbons (Fsp3) is 0.290. The van der Waals surface area contributed by atoms with E-state index in [1.165, 1.54) is 30.4 Å². The highest BCUT2D eigenvalue weighted by Gasteiger charge is 2.59. The van der Waals surface area contributed by atoms with Gasteiger partial charge in [-0.1, -0.05) is 80.7 Å². The van der Waals surface area contributed by atoms with E-state index < -0.39 is 35.4 Å². The van der Waals surface area contributed by atoms with Gasteiger partial charge in [-0.25, -0.2) is 0 Å². The topological polar surface area (TPSA) is 145 Å². The van der Waals surface area contributed by atoms with E-state index in [0.29, 0.717) is 5.92 Å². The molecule has 0 aromatic rings. The summed E-state index contributed by atoms with van der Waals surface area (Å²) < 4.78 is 5.35. The summed E-state index contributed by atoms with van der Waals surface area (Å²) in [5, 5.41) is 25.5. The molecular formula is C31H34N2O7. The minimum absolute atomic E-state index is 0.0305. The van der Waals surface area contributed by atoms with E-state index >= 15 is 0 Å². The molecule has 2 aliphatic carbocycles. The predicted octanol–water partition coefficient (Wildman–Crippen LogP) is 3.26. The van der Waals surface area contributed by atoms with Crippen molar-refractivity contribution < 1.29 is 34.1 Å². The number of allylic oxidation sites excluding steroid dienone is 13. The number of Topliss-reactive ketones (excluding diaryl/α,β-unsaturated/α-hetero) is 2. The Labute approximate surface area is 233 Å². The Hall–Kier alpha value is -4.34. The van der Waals surface area contributed by atoms with Crippen LogP contribution < -0.4 is 10.6 Å². The SMILES string of the molecule is CC(C)CC=CC=CC=CC(=O)NC1=CC(O)(C=CC=CC=CC=CC(=O)NC2=C(O)CCC2=O)C2OC2C1=O. The van der Waals surface area contributed by atoms with Crippen molar-refractivity contribution in [3.63, 3.8) is 0 Å². The number of ketones is 2. The average molecular weight is 547 g/mol. The molecule has 9 nitrogen and oxygen atoms in total. The summed E-state index contributed by atoms with van der Waals surface area (Å²) in [5.41, 5.74) is -1.66. The molecule has 0 bridgehead atoms. The second-order valence-electron chi connectivity index (χ2n) is 9.80. The standard InChI is InChI=1S/C31H34N2O7/c1-21(2)14-10-6-5-8-11-15-25(36)32-22-20-31(39,30-29(40-30)28(22)38)19-13-9-4-3-7-12-16-26(37)33-27-23(34)17-18-24(27)35/h3-13,15-16,19-21,29-30,34,39H,14,17-18H2,1-2H3,(H,32,36)(H,33,37).